The average molecular weight is 449 g/mol. The van der Waals surface area contributed by atoms with Crippen LogP contribution in [0.1, 0.15) is 68.1 Å². The fourth-order valence-corrected chi connectivity index (χ4v) is 2.60. The minimum Gasteiger partial charge on any atom is -0.443 e. The minimum atomic E-state index is -0.962. The summed E-state index contributed by atoms with van der Waals surface area (Å²) in [6, 6.07) is 1.52. The van der Waals surface area contributed by atoms with Crippen molar-refractivity contribution in [3.05, 3.63) is 18.1 Å². The SMILES string of the molecule is Cc1nc(N(C(=O)OC(C)(C)C)C(=O)OC(C)(C)C)c2ccn(C(=O)OC(C)(C)C)c2n1. The molecule has 2 aromatic rings. The highest BCUT2D eigenvalue weighted by Gasteiger charge is 2.35. The number of fused-ring (bicyclic) bond motifs is 1. The van der Waals surface area contributed by atoms with Crippen LogP contribution in [0.3, 0.4) is 0 Å². The zero-order valence-electron chi connectivity index (χ0n) is 20.4. The maximum atomic E-state index is 13.0. The third-order valence-corrected chi connectivity index (χ3v) is 3.59. The van der Waals surface area contributed by atoms with E-state index in [0.29, 0.717) is 4.90 Å². The molecule has 2 aromatic heterocycles. The van der Waals surface area contributed by atoms with E-state index in [9.17, 15) is 14.4 Å². The van der Waals surface area contributed by atoms with Gasteiger partial charge in [-0.25, -0.2) is 28.9 Å². The van der Waals surface area contributed by atoms with Crippen molar-refractivity contribution < 1.29 is 28.6 Å². The van der Waals surface area contributed by atoms with E-state index in [1.54, 1.807) is 69.2 Å². The van der Waals surface area contributed by atoms with E-state index in [2.05, 4.69) is 9.97 Å². The summed E-state index contributed by atoms with van der Waals surface area (Å²) in [5.41, 5.74) is -2.29. The third kappa shape index (κ3) is 6.41. The molecule has 0 aliphatic rings. The number of imide groups is 1. The molecule has 0 saturated carbocycles. The summed E-state index contributed by atoms with van der Waals surface area (Å²) in [5, 5.41) is 0.276. The zero-order valence-corrected chi connectivity index (χ0v) is 20.4. The number of hydrogen-bond donors (Lipinski definition) is 0. The summed E-state index contributed by atoms with van der Waals surface area (Å²) in [7, 11) is 0. The van der Waals surface area contributed by atoms with E-state index >= 15 is 0 Å². The predicted molar refractivity (Wildman–Crippen MR) is 119 cm³/mol. The van der Waals surface area contributed by atoms with E-state index < -0.39 is 35.1 Å². The van der Waals surface area contributed by atoms with Gasteiger partial charge in [-0.2, -0.15) is 4.90 Å². The summed E-state index contributed by atoms with van der Waals surface area (Å²) >= 11 is 0. The van der Waals surface area contributed by atoms with Gasteiger partial charge in [0.15, 0.2) is 11.5 Å². The smallest absolute Gasteiger partial charge is 0.425 e. The lowest BCUT2D eigenvalue weighted by Gasteiger charge is -2.28. The van der Waals surface area contributed by atoms with Crippen molar-refractivity contribution >= 4 is 35.1 Å². The van der Waals surface area contributed by atoms with Gasteiger partial charge in [0.05, 0.1) is 5.39 Å². The maximum Gasteiger partial charge on any atom is 0.425 e. The normalized spacial score (nSPS) is 12.4. The van der Waals surface area contributed by atoms with Gasteiger partial charge in [0.2, 0.25) is 0 Å². The highest BCUT2D eigenvalue weighted by atomic mass is 16.6. The molecule has 0 unspecified atom stereocenters. The number of aryl methyl sites for hydroxylation is 1. The van der Waals surface area contributed by atoms with Crippen LogP contribution in [0.15, 0.2) is 12.3 Å². The second kappa shape index (κ2) is 8.40. The molecule has 0 fully saturated rings. The molecule has 10 heteroatoms. The molecule has 0 atom stereocenters. The number of hydrogen-bond acceptors (Lipinski definition) is 8. The molecule has 0 saturated heterocycles. The first kappa shape index (κ1) is 25.1. The van der Waals surface area contributed by atoms with Crippen molar-refractivity contribution in [1.82, 2.24) is 14.5 Å². The monoisotopic (exact) mass is 448 g/mol. The van der Waals surface area contributed by atoms with Crippen molar-refractivity contribution in [2.45, 2.75) is 86.0 Å². The van der Waals surface area contributed by atoms with E-state index in [4.69, 9.17) is 14.2 Å². The molecular weight excluding hydrogens is 416 g/mol. The summed E-state index contributed by atoms with van der Waals surface area (Å²) in [6.07, 6.45) is -1.14. The second-order valence-electron chi connectivity index (χ2n) is 10.3. The summed E-state index contributed by atoms with van der Waals surface area (Å²) in [4.78, 5) is 48.0. The molecule has 176 valence electrons. The van der Waals surface area contributed by atoms with Gasteiger partial charge in [0.25, 0.3) is 0 Å². The fourth-order valence-electron chi connectivity index (χ4n) is 2.60. The molecular formula is C22H32N4O6. The molecule has 2 amide bonds. The molecule has 0 aliphatic carbocycles. The van der Waals surface area contributed by atoms with E-state index in [0.717, 1.165) is 0 Å². The van der Waals surface area contributed by atoms with E-state index in [-0.39, 0.29) is 22.7 Å². The molecule has 0 aliphatic heterocycles. The first-order chi connectivity index (χ1) is 14.4. The molecule has 32 heavy (non-hydrogen) atoms. The van der Waals surface area contributed by atoms with E-state index in [1.807, 2.05) is 0 Å². The Morgan fingerprint density at radius 2 is 1.28 bits per heavy atom. The lowest BCUT2D eigenvalue weighted by molar-refractivity contribution is 0.0428. The topological polar surface area (TPSA) is 113 Å². The van der Waals surface area contributed by atoms with Gasteiger partial charge in [-0.3, -0.25) is 0 Å². The summed E-state index contributed by atoms with van der Waals surface area (Å²) in [5.74, 6) is 0.173. The van der Waals surface area contributed by atoms with Gasteiger partial charge in [0, 0.05) is 6.20 Å². The van der Waals surface area contributed by atoms with Gasteiger partial charge in [0.1, 0.15) is 22.6 Å². The number of anilines is 1. The van der Waals surface area contributed by atoms with Crippen molar-refractivity contribution in [1.29, 1.82) is 0 Å². The quantitative estimate of drug-likeness (QED) is 0.547. The highest BCUT2D eigenvalue weighted by Crippen LogP contribution is 2.29. The van der Waals surface area contributed by atoms with Crippen molar-refractivity contribution in [2.24, 2.45) is 0 Å². The Balaban J connectivity index is 2.66. The lowest BCUT2D eigenvalue weighted by Crippen LogP contribution is -2.44. The molecule has 2 rings (SSSR count). The van der Waals surface area contributed by atoms with Crippen LogP contribution in [0.4, 0.5) is 20.2 Å². The first-order valence-corrected chi connectivity index (χ1v) is 10.2. The van der Waals surface area contributed by atoms with Crippen molar-refractivity contribution in [2.75, 3.05) is 4.90 Å². The Morgan fingerprint density at radius 1 is 0.812 bits per heavy atom. The Hall–Kier alpha value is -3.17. The Bertz CT molecular complexity index is 1010. The van der Waals surface area contributed by atoms with Crippen LogP contribution >= 0.6 is 0 Å². The standard InChI is InChI=1S/C22H32N4O6/c1-13-23-15-14(11-12-25(15)17(27)30-20(2,3)4)16(24-13)26(18(28)31-21(5,6)7)19(29)32-22(8,9)10/h11-12H,1-10H3. The molecule has 0 bridgehead atoms. The van der Waals surface area contributed by atoms with Crippen LogP contribution in [0.25, 0.3) is 11.0 Å². The number of ether oxygens (including phenoxy) is 3. The largest absolute Gasteiger partial charge is 0.443 e. The van der Waals surface area contributed by atoms with Crippen LogP contribution in [0.5, 0.6) is 0 Å². The fraction of sp³-hybridized carbons (Fsp3) is 0.591. The average Bonchev–Trinajstić information content (AvgIpc) is 2.93. The first-order valence-electron chi connectivity index (χ1n) is 10.2. The van der Waals surface area contributed by atoms with E-state index in [1.165, 1.54) is 16.8 Å². The Labute approximate surface area is 187 Å². The van der Waals surface area contributed by atoms with Crippen molar-refractivity contribution in [3.8, 4) is 0 Å². The number of nitrogens with zero attached hydrogens (tertiary/aromatic N) is 4. The van der Waals surface area contributed by atoms with Gasteiger partial charge >= 0.3 is 18.3 Å². The third-order valence-electron chi connectivity index (χ3n) is 3.59. The number of rotatable bonds is 1. The van der Waals surface area contributed by atoms with Gasteiger partial charge in [-0.1, -0.05) is 0 Å². The Morgan fingerprint density at radius 3 is 1.72 bits per heavy atom. The van der Waals surface area contributed by atoms with Crippen LogP contribution in [-0.4, -0.2) is 49.6 Å². The summed E-state index contributed by atoms with van der Waals surface area (Å²) < 4.78 is 17.5. The van der Waals surface area contributed by atoms with Crippen LogP contribution in [-0.2, 0) is 14.2 Å². The molecule has 0 N–H and O–H groups in total. The lowest BCUT2D eigenvalue weighted by atomic mass is 10.2. The predicted octanol–water partition coefficient (Wildman–Crippen LogP) is 5.20. The maximum absolute atomic E-state index is 13.0. The number of amides is 2. The number of aromatic nitrogens is 3. The van der Waals surface area contributed by atoms with Gasteiger partial charge < -0.3 is 14.2 Å². The van der Waals surface area contributed by atoms with Gasteiger partial charge in [-0.15, -0.1) is 0 Å². The van der Waals surface area contributed by atoms with Crippen molar-refractivity contribution in [3.63, 3.8) is 0 Å². The second-order valence-corrected chi connectivity index (χ2v) is 10.3. The van der Waals surface area contributed by atoms with Crippen LogP contribution < -0.4 is 4.90 Å². The highest BCUT2D eigenvalue weighted by molar-refractivity contribution is 6.13. The Kier molecular flexibility index (Phi) is 6.59. The van der Waals surface area contributed by atoms with Gasteiger partial charge in [-0.05, 0) is 75.3 Å². The minimum absolute atomic E-state index is 0.0571. The van der Waals surface area contributed by atoms with Crippen LogP contribution in [0.2, 0.25) is 0 Å². The molecule has 2 heterocycles. The number of carbonyl (C=O) groups excluding carboxylic acids is 3. The summed E-state index contributed by atoms with van der Waals surface area (Å²) in [6.45, 7) is 16.9. The zero-order chi connectivity index (χ0) is 24.6. The molecule has 0 aromatic carbocycles. The van der Waals surface area contributed by atoms with Crippen LogP contribution in [0, 0.1) is 6.92 Å². The molecule has 0 radical (unpaired) electrons. The molecule has 0 spiro atoms. The molecule has 10 nitrogen and oxygen atoms in total. The number of carbonyl (C=O) groups is 3.